The fourth-order valence-electron chi connectivity index (χ4n) is 2.95. The first-order valence-electron chi connectivity index (χ1n) is 7.17. The van der Waals surface area contributed by atoms with Gasteiger partial charge in [-0.25, -0.2) is 0 Å². The second kappa shape index (κ2) is 5.94. The zero-order valence-electron chi connectivity index (χ0n) is 11.7. The highest BCUT2D eigenvalue weighted by Gasteiger charge is 2.36. The molecule has 1 aliphatic rings. The number of rotatable bonds is 2. The molecule has 1 aliphatic heterocycles. The third-order valence-electron chi connectivity index (χ3n) is 3.98. The van der Waals surface area contributed by atoms with Crippen LogP contribution in [0.5, 0.6) is 0 Å². The van der Waals surface area contributed by atoms with E-state index in [0.29, 0.717) is 6.54 Å². The zero-order chi connectivity index (χ0) is 14.8. The monoisotopic (exact) mass is 286 g/mol. The molecule has 0 aromatic heterocycles. The van der Waals surface area contributed by atoms with E-state index >= 15 is 0 Å². The minimum absolute atomic E-state index is 0.156. The molecule has 0 spiro atoms. The van der Waals surface area contributed by atoms with E-state index in [1.54, 1.807) is 6.07 Å². The summed E-state index contributed by atoms with van der Waals surface area (Å²) < 4.78 is 39.7. The highest BCUT2D eigenvalue weighted by molar-refractivity contribution is 5.61. The van der Waals surface area contributed by atoms with Crippen molar-refractivity contribution in [2.24, 2.45) is 0 Å². The van der Waals surface area contributed by atoms with Crippen LogP contribution in [-0.2, 0) is 6.18 Å². The predicted octanol–water partition coefficient (Wildman–Crippen LogP) is 4.45. The van der Waals surface area contributed by atoms with E-state index in [0.717, 1.165) is 38.2 Å². The summed E-state index contributed by atoms with van der Waals surface area (Å²) in [6.07, 6.45) is 0.571. The largest absolute Gasteiger partial charge is 0.418 e. The Morgan fingerprint density at radius 1 is 1.25 bits per heavy atom. The highest BCUT2D eigenvalue weighted by Crippen LogP contribution is 2.39. The van der Waals surface area contributed by atoms with Crippen LogP contribution in [0.2, 0.25) is 0 Å². The van der Waals surface area contributed by atoms with Crippen LogP contribution in [0, 0.1) is 0 Å². The molecule has 1 aromatic rings. The van der Waals surface area contributed by atoms with E-state index in [1.165, 1.54) is 6.07 Å². The van der Waals surface area contributed by atoms with Gasteiger partial charge in [-0.05, 0) is 37.5 Å². The Hall–Kier alpha value is -1.39. The Labute approximate surface area is 117 Å². The number of halogens is 3. The average Bonchev–Trinajstić information content (AvgIpc) is 2.62. The Balaban J connectivity index is 2.44. The van der Waals surface area contributed by atoms with E-state index in [1.807, 2.05) is 11.8 Å². The molecule has 1 fully saturated rings. The number of nitrogens with two attached hydrogens (primary N) is 1. The summed E-state index contributed by atoms with van der Waals surface area (Å²) in [4.78, 5) is 1.93. The number of hydrogen-bond acceptors (Lipinski definition) is 2. The molecule has 1 aromatic carbocycles. The lowest BCUT2D eigenvalue weighted by Gasteiger charge is -2.33. The molecule has 0 bridgehead atoms. The van der Waals surface area contributed by atoms with Crippen LogP contribution < -0.4 is 10.6 Å². The lowest BCUT2D eigenvalue weighted by molar-refractivity contribution is -0.137. The number of anilines is 2. The van der Waals surface area contributed by atoms with Crippen molar-refractivity contribution in [3.05, 3.63) is 23.8 Å². The fourth-order valence-corrected chi connectivity index (χ4v) is 2.95. The lowest BCUT2D eigenvalue weighted by Crippen LogP contribution is -2.35. The first-order valence-corrected chi connectivity index (χ1v) is 7.17. The Kier molecular flexibility index (Phi) is 4.45. The Morgan fingerprint density at radius 2 is 2.00 bits per heavy atom. The molecule has 1 heterocycles. The molecule has 20 heavy (non-hydrogen) atoms. The first-order chi connectivity index (χ1) is 9.43. The van der Waals surface area contributed by atoms with Gasteiger partial charge in [0.2, 0.25) is 0 Å². The van der Waals surface area contributed by atoms with E-state index < -0.39 is 11.7 Å². The van der Waals surface area contributed by atoms with Gasteiger partial charge in [-0.15, -0.1) is 0 Å². The molecule has 2 N–H and O–H groups in total. The van der Waals surface area contributed by atoms with Crippen LogP contribution in [-0.4, -0.2) is 12.6 Å². The van der Waals surface area contributed by atoms with Crippen LogP contribution in [0.3, 0.4) is 0 Å². The molecule has 1 saturated heterocycles. The van der Waals surface area contributed by atoms with Crippen molar-refractivity contribution < 1.29 is 13.2 Å². The van der Waals surface area contributed by atoms with Crippen LogP contribution in [0.15, 0.2) is 18.2 Å². The van der Waals surface area contributed by atoms with Gasteiger partial charge in [-0.1, -0.05) is 19.8 Å². The minimum atomic E-state index is -4.37. The summed E-state index contributed by atoms with van der Waals surface area (Å²) in [6, 6.07) is 4.31. The van der Waals surface area contributed by atoms with Gasteiger partial charge in [-0.3, -0.25) is 0 Å². The van der Waals surface area contributed by atoms with Crippen molar-refractivity contribution in [2.45, 2.75) is 51.2 Å². The summed E-state index contributed by atoms with van der Waals surface area (Å²) in [5.41, 5.74) is 5.35. The van der Waals surface area contributed by atoms with Crippen LogP contribution in [0.4, 0.5) is 24.5 Å². The van der Waals surface area contributed by atoms with E-state index in [-0.39, 0.29) is 17.4 Å². The molecular weight excluding hydrogens is 265 g/mol. The molecule has 2 nitrogen and oxygen atoms in total. The predicted molar refractivity (Wildman–Crippen MR) is 75.7 cm³/mol. The molecule has 2 rings (SSSR count). The van der Waals surface area contributed by atoms with Gasteiger partial charge < -0.3 is 10.6 Å². The SMILES string of the molecule is CCC1CCCCCN1c1ccc(N)cc1C(F)(F)F. The van der Waals surface area contributed by atoms with Crippen LogP contribution in [0.25, 0.3) is 0 Å². The second-order valence-corrected chi connectivity index (χ2v) is 5.38. The van der Waals surface area contributed by atoms with E-state index in [9.17, 15) is 13.2 Å². The van der Waals surface area contributed by atoms with Gasteiger partial charge in [0.25, 0.3) is 0 Å². The second-order valence-electron chi connectivity index (χ2n) is 5.38. The molecule has 112 valence electrons. The summed E-state index contributed by atoms with van der Waals surface area (Å²) in [6.45, 7) is 2.72. The molecule has 1 atom stereocenters. The number of alkyl halides is 3. The molecule has 0 saturated carbocycles. The zero-order valence-corrected chi connectivity index (χ0v) is 11.7. The summed E-state index contributed by atoms with van der Waals surface area (Å²) in [5, 5.41) is 0. The van der Waals surface area contributed by atoms with Crippen molar-refractivity contribution in [2.75, 3.05) is 17.2 Å². The van der Waals surface area contributed by atoms with Gasteiger partial charge in [0, 0.05) is 24.0 Å². The number of hydrogen-bond donors (Lipinski definition) is 1. The van der Waals surface area contributed by atoms with Crippen molar-refractivity contribution in [3.8, 4) is 0 Å². The summed E-state index contributed by atoms with van der Waals surface area (Å²) >= 11 is 0. The van der Waals surface area contributed by atoms with Crippen molar-refractivity contribution in [1.29, 1.82) is 0 Å². The lowest BCUT2D eigenvalue weighted by atomic mass is 10.0. The molecule has 0 amide bonds. The topological polar surface area (TPSA) is 29.3 Å². The Bertz CT molecular complexity index is 457. The Morgan fingerprint density at radius 3 is 2.65 bits per heavy atom. The molecule has 1 unspecified atom stereocenters. The van der Waals surface area contributed by atoms with Gasteiger partial charge in [0.05, 0.1) is 5.56 Å². The maximum Gasteiger partial charge on any atom is 0.418 e. The third kappa shape index (κ3) is 3.19. The minimum Gasteiger partial charge on any atom is -0.399 e. The van der Waals surface area contributed by atoms with Gasteiger partial charge in [0.1, 0.15) is 0 Å². The number of benzene rings is 1. The normalized spacial score (nSPS) is 20.8. The smallest absolute Gasteiger partial charge is 0.399 e. The quantitative estimate of drug-likeness (QED) is 0.814. The van der Waals surface area contributed by atoms with Gasteiger partial charge >= 0.3 is 6.18 Å². The highest BCUT2D eigenvalue weighted by atomic mass is 19.4. The first kappa shape index (κ1) is 15.0. The third-order valence-corrected chi connectivity index (χ3v) is 3.98. The van der Waals surface area contributed by atoms with Crippen molar-refractivity contribution in [3.63, 3.8) is 0 Å². The molecule has 5 heteroatoms. The van der Waals surface area contributed by atoms with E-state index in [4.69, 9.17) is 5.73 Å². The maximum atomic E-state index is 13.2. The van der Waals surface area contributed by atoms with Crippen LogP contribution >= 0.6 is 0 Å². The fraction of sp³-hybridized carbons (Fsp3) is 0.600. The molecule has 0 aliphatic carbocycles. The van der Waals surface area contributed by atoms with Gasteiger partial charge in [-0.2, -0.15) is 13.2 Å². The summed E-state index contributed by atoms with van der Waals surface area (Å²) in [5.74, 6) is 0. The van der Waals surface area contributed by atoms with Crippen molar-refractivity contribution in [1.82, 2.24) is 0 Å². The number of nitrogens with zero attached hydrogens (tertiary/aromatic N) is 1. The number of nitrogen functional groups attached to an aromatic ring is 1. The van der Waals surface area contributed by atoms with Gasteiger partial charge in [0.15, 0.2) is 0 Å². The summed E-state index contributed by atoms with van der Waals surface area (Å²) in [7, 11) is 0. The molecular formula is C15H21F3N2. The van der Waals surface area contributed by atoms with Crippen LogP contribution in [0.1, 0.15) is 44.6 Å². The standard InChI is InChI=1S/C15H21F3N2/c1-2-12-6-4-3-5-9-20(12)14-8-7-11(19)10-13(14)15(16,17)18/h7-8,10,12H,2-6,9,19H2,1H3. The molecule has 0 radical (unpaired) electrons. The van der Waals surface area contributed by atoms with Crippen molar-refractivity contribution >= 4 is 11.4 Å². The maximum absolute atomic E-state index is 13.2. The van der Waals surface area contributed by atoms with E-state index in [2.05, 4.69) is 0 Å². The average molecular weight is 286 g/mol.